The average Bonchev–Trinajstić information content (AvgIpc) is 2.55. The molecule has 3 aromatic rings. The average molecular weight is 293 g/mol. The van der Waals surface area contributed by atoms with Crippen LogP contribution in [0.25, 0.3) is 10.9 Å². The molecule has 0 aliphatic heterocycles. The zero-order valence-corrected chi connectivity index (χ0v) is 11.4. The number of carbonyl (C=O) groups excluding carboxylic acids is 1. The number of hydrogen-bond donors (Lipinski definition) is 1. The van der Waals surface area contributed by atoms with Crippen LogP contribution in [-0.2, 0) is 0 Å². The first-order valence-corrected chi connectivity index (χ1v) is 6.55. The number of nitrogens with zero attached hydrogens (tertiary/aromatic N) is 2. The summed E-state index contributed by atoms with van der Waals surface area (Å²) in [5.74, 6) is -0.278. The molecule has 22 heavy (non-hydrogen) atoms. The van der Waals surface area contributed by atoms with E-state index in [-0.39, 0.29) is 17.1 Å². The molecule has 1 amide bonds. The Morgan fingerprint density at radius 2 is 1.82 bits per heavy atom. The Morgan fingerprint density at radius 3 is 2.55 bits per heavy atom. The van der Waals surface area contributed by atoms with Gasteiger partial charge < -0.3 is 5.32 Å². The molecule has 3 rings (SSSR count). The zero-order valence-electron chi connectivity index (χ0n) is 11.4. The van der Waals surface area contributed by atoms with Gasteiger partial charge in [0.05, 0.1) is 10.6 Å². The normalized spacial score (nSPS) is 10.4. The summed E-state index contributed by atoms with van der Waals surface area (Å²) in [5, 5.41) is 14.3. The first-order chi connectivity index (χ1) is 10.7. The zero-order chi connectivity index (χ0) is 15.5. The fourth-order valence-electron chi connectivity index (χ4n) is 2.20. The maximum Gasteiger partial charge on any atom is 0.295 e. The predicted octanol–water partition coefficient (Wildman–Crippen LogP) is 3.40. The second-order valence-corrected chi connectivity index (χ2v) is 4.61. The molecule has 1 N–H and O–H groups in total. The summed E-state index contributed by atoms with van der Waals surface area (Å²) in [6, 6.07) is 15.0. The van der Waals surface area contributed by atoms with Gasteiger partial charge in [-0.1, -0.05) is 18.2 Å². The number of amides is 1. The topological polar surface area (TPSA) is 85.1 Å². The number of pyridine rings is 1. The van der Waals surface area contributed by atoms with Gasteiger partial charge in [-0.2, -0.15) is 0 Å². The molecule has 0 spiro atoms. The largest absolute Gasteiger partial charge is 0.321 e. The maximum atomic E-state index is 12.2. The lowest BCUT2D eigenvalue weighted by Gasteiger charge is -2.08. The van der Waals surface area contributed by atoms with Crippen LogP contribution in [0.2, 0.25) is 0 Å². The minimum Gasteiger partial charge on any atom is -0.321 e. The van der Waals surface area contributed by atoms with Crippen LogP contribution >= 0.6 is 0 Å². The molecule has 0 aliphatic carbocycles. The molecule has 0 bridgehead atoms. The van der Waals surface area contributed by atoms with Crippen molar-refractivity contribution >= 4 is 28.2 Å². The fraction of sp³-hybridized carbons (Fsp3) is 0. The van der Waals surface area contributed by atoms with Crippen molar-refractivity contribution in [2.75, 3.05) is 5.32 Å². The van der Waals surface area contributed by atoms with Gasteiger partial charge in [0.1, 0.15) is 5.52 Å². The molecule has 0 atom stereocenters. The number of non-ortho nitro benzene ring substituents is 1. The SMILES string of the molecule is O=C(Nc1ccc([N+](=O)[O-])c2ncccc12)c1ccccc1. The third-order valence-electron chi connectivity index (χ3n) is 3.23. The fourth-order valence-corrected chi connectivity index (χ4v) is 2.20. The van der Waals surface area contributed by atoms with E-state index >= 15 is 0 Å². The lowest BCUT2D eigenvalue weighted by Crippen LogP contribution is -2.12. The van der Waals surface area contributed by atoms with E-state index in [0.717, 1.165) is 0 Å². The van der Waals surface area contributed by atoms with E-state index < -0.39 is 4.92 Å². The van der Waals surface area contributed by atoms with Crippen LogP contribution in [0.3, 0.4) is 0 Å². The Balaban J connectivity index is 2.04. The van der Waals surface area contributed by atoms with E-state index in [1.165, 1.54) is 18.3 Å². The third-order valence-corrected chi connectivity index (χ3v) is 3.23. The van der Waals surface area contributed by atoms with Crippen LogP contribution in [0.4, 0.5) is 11.4 Å². The van der Waals surface area contributed by atoms with Gasteiger partial charge in [0, 0.05) is 23.2 Å². The van der Waals surface area contributed by atoms with E-state index in [0.29, 0.717) is 16.6 Å². The number of fused-ring (bicyclic) bond motifs is 1. The number of hydrogen-bond acceptors (Lipinski definition) is 4. The summed E-state index contributed by atoms with van der Waals surface area (Å²) < 4.78 is 0. The molecule has 108 valence electrons. The lowest BCUT2D eigenvalue weighted by atomic mass is 10.1. The van der Waals surface area contributed by atoms with Gasteiger partial charge in [0.25, 0.3) is 11.6 Å². The molecule has 0 saturated heterocycles. The third kappa shape index (κ3) is 2.49. The first-order valence-electron chi connectivity index (χ1n) is 6.55. The molecular formula is C16H11N3O3. The first kappa shape index (κ1) is 13.7. The highest BCUT2D eigenvalue weighted by Crippen LogP contribution is 2.29. The second-order valence-electron chi connectivity index (χ2n) is 4.61. The maximum absolute atomic E-state index is 12.2. The number of nitrogens with one attached hydrogen (secondary N) is 1. The molecule has 1 heterocycles. The van der Waals surface area contributed by atoms with Crippen molar-refractivity contribution in [3.8, 4) is 0 Å². The summed E-state index contributed by atoms with van der Waals surface area (Å²) in [6.07, 6.45) is 1.48. The van der Waals surface area contributed by atoms with E-state index in [1.807, 2.05) is 6.07 Å². The molecule has 1 aromatic heterocycles. The summed E-state index contributed by atoms with van der Waals surface area (Å²) in [7, 11) is 0. The number of anilines is 1. The lowest BCUT2D eigenvalue weighted by molar-refractivity contribution is -0.383. The Hall–Kier alpha value is -3.28. The van der Waals surface area contributed by atoms with Crippen molar-refractivity contribution in [2.24, 2.45) is 0 Å². The van der Waals surface area contributed by atoms with Crippen LogP contribution in [0.15, 0.2) is 60.8 Å². The van der Waals surface area contributed by atoms with Crippen LogP contribution in [0.1, 0.15) is 10.4 Å². The summed E-state index contributed by atoms with van der Waals surface area (Å²) in [6.45, 7) is 0. The second kappa shape index (κ2) is 5.61. The monoisotopic (exact) mass is 293 g/mol. The number of benzene rings is 2. The van der Waals surface area contributed by atoms with Gasteiger partial charge in [-0.25, -0.2) is 4.98 Å². The van der Waals surface area contributed by atoms with Gasteiger partial charge in [0.2, 0.25) is 0 Å². The minimum atomic E-state index is -0.488. The van der Waals surface area contributed by atoms with Crippen molar-refractivity contribution in [1.82, 2.24) is 4.98 Å². The number of carbonyl (C=O) groups is 1. The molecule has 6 heteroatoms. The van der Waals surface area contributed by atoms with Gasteiger partial charge in [0.15, 0.2) is 0 Å². The van der Waals surface area contributed by atoms with Gasteiger partial charge in [-0.05, 0) is 30.3 Å². The van der Waals surface area contributed by atoms with Crippen LogP contribution < -0.4 is 5.32 Å². The van der Waals surface area contributed by atoms with Gasteiger partial charge in [-0.3, -0.25) is 14.9 Å². The number of rotatable bonds is 3. The Bertz CT molecular complexity index is 863. The molecule has 0 fully saturated rings. The highest BCUT2D eigenvalue weighted by atomic mass is 16.6. The summed E-state index contributed by atoms with van der Waals surface area (Å²) in [4.78, 5) is 26.8. The number of nitro benzene ring substituents is 1. The Kier molecular flexibility index (Phi) is 3.49. The van der Waals surface area contributed by atoms with Crippen LogP contribution in [0, 0.1) is 10.1 Å². The number of aromatic nitrogens is 1. The smallest absolute Gasteiger partial charge is 0.295 e. The van der Waals surface area contributed by atoms with Crippen LogP contribution in [-0.4, -0.2) is 15.8 Å². The Labute approximate surface area is 125 Å². The van der Waals surface area contributed by atoms with E-state index in [4.69, 9.17) is 0 Å². The highest BCUT2D eigenvalue weighted by molar-refractivity contribution is 6.09. The van der Waals surface area contributed by atoms with E-state index in [1.54, 1.807) is 36.4 Å². The molecule has 0 aliphatic rings. The molecule has 2 aromatic carbocycles. The molecule has 0 unspecified atom stereocenters. The molecular weight excluding hydrogens is 282 g/mol. The highest BCUT2D eigenvalue weighted by Gasteiger charge is 2.16. The van der Waals surface area contributed by atoms with Gasteiger partial charge >= 0.3 is 0 Å². The molecule has 6 nitrogen and oxygen atoms in total. The predicted molar refractivity (Wildman–Crippen MR) is 82.8 cm³/mol. The quantitative estimate of drug-likeness (QED) is 0.592. The standard InChI is InChI=1S/C16H11N3O3/c20-16(11-5-2-1-3-6-11)18-13-8-9-14(19(21)22)15-12(13)7-4-10-17-15/h1-10H,(H,18,20). The van der Waals surface area contributed by atoms with Crippen molar-refractivity contribution in [3.05, 3.63) is 76.5 Å². The summed E-state index contributed by atoms with van der Waals surface area (Å²) in [5.41, 5.74) is 1.16. The van der Waals surface area contributed by atoms with Gasteiger partial charge in [-0.15, -0.1) is 0 Å². The van der Waals surface area contributed by atoms with Crippen molar-refractivity contribution < 1.29 is 9.72 Å². The van der Waals surface area contributed by atoms with E-state index in [9.17, 15) is 14.9 Å². The van der Waals surface area contributed by atoms with E-state index in [2.05, 4.69) is 10.3 Å². The summed E-state index contributed by atoms with van der Waals surface area (Å²) >= 11 is 0. The van der Waals surface area contributed by atoms with Crippen molar-refractivity contribution in [3.63, 3.8) is 0 Å². The Morgan fingerprint density at radius 1 is 1.05 bits per heavy atom. The minimum absolute atomic E-state index is 0.0895. The van der Waals surface area contributed by atoms with Crippen molar-refractivity contribution in [1.29, 1.82) is 0 Å². The van der Waals surface area contributed by atoms with Crippen LogP contribution in [0.5, 0.6) is 0 Å². The molecule has 0 saturated carbocycles. The number of nitro groups is 1. The van der Waals surface area contributed by atoms with Crippen molar-refractivity contribution in [2.45, 2.75) is 0 Å². The molecule has 0 radical (unpaired) electrons.